The third kappa shape index (κ3) is 5.54. The van der Waals surface area contributed by atoms with Crippen molar-refractivity contribution in [3.63, 3.8) is 0 Å². The van der Waals surface area contributed by atoms with Gasteiger partial charge in [-0.15, -0.1) is 0 Å². The van der Waals surface area contributed by atoms with E-state index in [1.165, 1.54) is 36.9 Å². The summed E-state index contributed by atoms with van der Waals surface area (Å²) in [5.74, 6) is 0.882. The minimum absolute atomic E-state index is 0.698. The number of nitrogens with one attached hydrogen (secondary N) is 2. The van der Waals surface area contributed by atoms with Gasteiger partial charge in [-0.3, -0.25) is 9.89 Å². The van der Waals surface area contributed by atoms with Gasteiger partial charge in [0, 0.05) is 32.7 Å². The Morgan fingerprint density at radius 2 is 2.00 bits per heavy atom. The number of guanidine groups is 1. The first kappa shape index (κ1) is 17.8. The van der Waals surface area contributed by atoms with Crippen LogP contribution in [0.3, 0.4) is 0 Å². The highest BCUT2D eigenvalue weighted by Crippen LogP contribution is 2.20. The summed E-state index contributed by atoms with van der Waals surface area (Å²) in [6.45, 7) is 8.57. The molecule has 1 heterocycles. The standard InChI is InChI=1S/C19H32N4/c1-4-12-21-19(20-3)22-14-17-10-5-6-11-18(17)15-23-13-8-7-9-16(23)2/h5-6,10-11,16H,4,7-9,12-15H2,1-3H3,(H2,20,21,22). The summed E-state index contributed by atoms with van der Waals surface area (Å²) in [6, 6.07) is 9.47. The zero-order valence-electron chi connectivity index (χ0n) is 14.9. The number of piperidine rings is 1. The topological polar surface area (TPSA) is 39.7 Å². The summed E-state index contributed by atoms with van der Waals surface area (Å²) in [7, 11) is 1.83. The van der Waals surface area contributed by atoms with Gasteiger partial charge < -0.3 is 10.6 Å². The predicted octanol–water partition coefficient (Wildman–Crippen LogP) is 3.14. The lowest BCUT2D eigenvalue weighted by atomic mass is 10.0. The molecule has 0 amide bonds. The summed E-state index contributed by atoms with van der Waals surface area (Å²) < 4.78 is 0. The van der Waals surface area contributed by atoms with Crippen LogP contribution in [0.25, 0.3) is 0 Å². The van der Waals surface area contributed by atoms with Gasteiger partial charge in [0.25, 0.3) is 0 Å². The van der Waals surface area contributed by atoms with Crippen molar-refractivity contribution in [1.29, 1.82) is 0 Å². The van der Waals surface area contributed by atoms with Crippen LogP contribution in [0.15, 0.2) is 29.3 Å². The van der Waals surface area contributed by atoms with E-state index in [1.807, 2.05) is 7.05 Å². The second-order valence-corrected chi connectivity index (χ2v) is 6.44. The smallest absolute Gasteiger partial charge is 0.191 e. The quantitative estimate of drug-likeness (QED) is 0.626. The molecule has 2 N–H and O–H groups in total. The first-order valence-corrected chi connectivity index (χ1v) is 9.00. The molecule has 1 aromatic carbocycles. The van der Waals surface area contributed by atoms with E-state index in [9.17, 15) is 0 Å². The summed E-state index contributed by atoms with van der Waals surface area (Å²) in [4.78, 5) is 6.90. The number of likely N-dealkylation sites (tertiary alicyclic amines) is 1. The fraction of sp³-hybridized carbons (Fsp3) is 0.632. The lowest BCUT2D eigenvalue weighted by Crippen LogP contribution is -2.38. The average molecular weight is 316 g/mol. The Bertz CT molecular complexity index is 498. The normalized spacial score (nSPS) is 19.6. The van der Waals surface area contributed by atoms with E-state index in [4.69, 9.17) is 0 Å². The second kappa shape index (κ2) is 9.56. The zero-order valence-corrected chi connectivity index (χ0v) is 14.9. The molecule has 0 aromatic heterocycles. The van der Waals surface area contributed by atoms with Gasteiger partial charge in [0.2, 0.25) is 0 Å². The molecule has 1 atom stereocenters. The summed E-state index contributed by atoms with van der Waals surface area (Å²) in [5.41, 5.74) is 2.80. The third-order valence-corrected chi connectivity index (χ3v) is 4.64. The number of nitrogens with zero attached hydrogens (tertiary/aromatic N) is 2. The summed E-state index contributed by atoms with van der Waals surface area (Å²) in [6.07, 6.45) is 5.14. The largest absolute Gasteiger partial charge is 0.356 e. The third-order valence-electron chi connectivity index (χ3n) is 4.64. The highest BCUT2D eigenvalue weighted by molar-refractivity contribution is 5.79. The van der Waals surface area contributed by atoms with Gasteiger partial charge in [0.1, 0.15) is 0 Å². The minimum atomic E-state index is 0.698. The molecule has 0 saturated carbocycles. The number of rotatable bonds is 6. The maximum Gasteiger partial charge on any atom is 0.191 e. The molecule has 0 spiro atoms. The van der Waals surface area contributed by atoms with Gasteiger partial charge in [-0.1, -0.05) is 37.6 Å². The van der Waals surface area contributed by atoms with Crippen molar-refractivity contribution in [3.8, 4) is 0 Å². The minimum Gasteiger partial charge on any atom is -0.356 e. The van der Waals surface area contributed by atoms with Crippen LogP contribution in [-0.2, 0) is 13.1 Å². The molecule has 0 bridgehead atoms. The van der Waals surface area contributed by atoms with Crippen molar-refractivity contribution in [2.45, 2.75) is 58.7 Å². The Morgan fingerprint density at radius 1 is 1.22 bits per heavy atom. The molecular formula is C19H32N4. The molecule has 2 rings (SSSR count). The number of hydrogen-bond donors (Lipinski definition) is 2. The Morgan fingerprint density at radius 3 is 2.70 bits per heavy atom. The van der Waals surface area contributed by atoms with E-state index in [0.717, 1.165) is 32.0 Å². The highest BCUT2D eigenvalue weighted by Gasteiger charge is 2.19. The first-order valence-electron chi connectivity index (χ1n) is 9.00. The van der Waals surface area contributed by atoms with Crippen molar-refractivity contribution >= 4 is 5.96 Å². The van der Waals surface area contributed by atoms with Gasteiger partial charge in [0.05, 0.1) is 0 Å². The molecule has 0 radical (unpaired) electrons. The summed E-state index contributed by atoms with van der Waals surface area (Å²) in [5, 5.41) is 6.76. The Hall–Kier alpha value is -1.55. The van der Waals surface area contributed by atoms with Crippen LogP contribution in [0.5, 0.6) is 0 Å². The molecule has 0 aliphatic carbocycles. The van der Waals surface area contributed by atoms with E-state index in [0.29, 0.717) is 6.04 Å². The molecule has 1 aliphatic heterocycles. The molecule has 1 fully saturated rings. The van der Waals surface area contributed by atoms with Crippen molar-refractivity contribution in [1.82, 2.24) is 15.5 Å². The van der Waals surface area contributed by atoms with Gasteiger partial charge in [-0.25, -0.2) is 0 Å². The molecule has 4 heteroatoms. The number of benzene rings is 1. The fourth-order valence-corrected chi connectivity index (χ4v) is 3.14. The maximum absolute atomic E-state index is 4.28. The molecule has 23 heavy (non-hydrogen) atoms. The Balaban J connectivity index is 1.96. The molecule has 1 aliphatic rings. The Kier molecular flexibility index (Phi) is 7.40. The van der Waals surface area contributed by atoms with E-state index in [1.54, 1.807) is 0 Å². The van der Waals surface area contributed by atoms with Crippen molar-refractivity contribution in [3.05, 3.63) is 35.4 Å². The van der Waals surface area contributed by atoms with Gasteiger partial charge in [0.15, 0.2) is 5.96 Å². The van der Waals surface area contributed by atoms with Crippen LogP contribution in [0, 0.1) is 0 Å². The maximum atomic E-state index is 4.28. The molecular weight excluding hydrogens is 284 g/mol. The van der Waals surface area contributed by atoms with Gasteiger partial charge in [-0.05, 0) is 43.9 Å². The SMILES string of the molecule is CCCNC(=NC)NCc1ccccc1CN1CCCCC1C. The second-order valence-electron chi connectivity index (χ2n) is 6.44. The Labute approximate surface area is 141 Å². The molecule has 1 unspecified atom stereocenters. The number of hydrogen-bond acceptors (Lipinski definition) is 2. The van der Waals surface area contributed by atoms with Crippen LogP contribution in [0.2, 0.25) is 0 Å². The number of aliphatic imine (C=N–C) groups is 1. The first-order chi connectivity index (χ1) is 11.2. The fourth-order valence-electron chi connectivity index (χ4n) is 3.14. The monoisotopic (exact) mass is 316 g/mol. The van der Waals surface area contributed by atoms with Crippen molar-refractivity contribution in [2.75, 3.05) is 20.1 Å². The lowest BCUT2D eigenvalue weighted by molar-refractivity contribution is 0.152. The molecule has 4 nitrogen and oxygen atoms in total. The van der Waals surface area contributed by atoms with E-state index >= 15 is 0 Å². The van der Waals surface area contributed by atoms with Crippen LogP contribution < -0.4 is 10.6 Å². The van der Waals surface area contributed by atoms with Gasteiger partial charge >= 0.3 is 0 Å². The van der Waals surface area contributed by atoms with E-state index < -0.39 is 0 Å². The molecule has 1 saturated heterocycles. The van der Waals surface area contributed by atoms with Crippen LogP contribution >= 0.6 is 0 Å². The average Bonchev–Trinajstić information content (AvgIpc) is 2.58. The predicted molar refractivity (Wildman–Crippen MR) is 98.7 cm³/mol. The van der Waals surface area contributed by atoms with Crippen molar-refractivity contribution < 1.29 is 0 Å². The molecule has 128 valence electrons. The molecule has 1 aromatic rings. The van der Waals surface area contributed by atoms with Crippen LogP contribution in [-0.4, -0.2) is 37.0 Å². The highest BCUT2D eigenvalue weighted by atomic mass is 15.2. The van der Waals surface area contributed by atoms with Crippen LogP contribution in [0.1, 0.15) is 50.7 Å². The van der Waals surface area contributed by atoms with Crippen molar-refractivity contribution in [2.24, 2.45) is 4.99 Å². The zero-order chi connectivity index (χ0) is 16.5. The summed E-state index contributed by atoms with van der Waals surface area (Å²) >= 11 is 0. The van der Waals surface area contributed by atoms with E-state index in [-0.39, 0.29) is 0 Å². The van der Waals surface area contributed by atoms with Gasteiger partial charge in [-0.2, -0.15) is 0 Å². The van der Waals surface area contributed by atoms with Crippen LogP contribution in [0.4, 0.5) is 0 Å². The van der Waals surface area contributed by atoms with E-state index in [2.05, 4.69) is 58.6 Å². The lowest BCUT2D eigenvalue weighted by Gasteiger charge is -2.33.